The van der Waals surface area contributed by atoms with E-state index < -0.39 is 5.97 Å². The molecule has 0 saturated heterocycles. The molecule has 1 aromatic rings. The van der Waals surface area contributed by atoms with Gasteiger partial charge in [0.1, 0.15) is 0 Å². The van der Waals surface area contributed by atoms with E-state index in [9.17, 15) is 14.4 Å². The molecule has 5 nitrogen and oxygen atoms in total. The number of carboxylic acids is 1. The Hall–Kier alpha value is -1.82. The maximum atomic E-state index is 11.8. The summed E-state index contributed by atoms with van der Waals surface area (Å²) in [5, 5.41) is 11.4. The molecule has 0 heterocycles. The smallest absolute Gasteiger partial charge is 0.335 e. The SMILES string of the molecule is CC(=O)SC[C@@H](C)C(=O)Nc1ccc(C(=O)O)cc1. The first-order valence-electron chi connectivity index (χ1n) is 5.67. The van der Waals surface area contributed by atoms with Crippen LogP contribution in [0, 0.1) is 5.92 Å². The Labute approximate surface area is 115 Å². The molecule has 0 aliphatic rings. The van der Waals surface area contributed by atoms with Crippen LogP contribution in [0.3, 0.4) is 0 Å². The molecule has 0 fully saturated rings. The van der Waals surface area contributed by atoms with Crippen molar-refractivity contribution in [3.8, 4) is 0 Å². The van der Waals surface area contributed by atoms with Gasteiger partial charge in [-0.2, -0.15) is 0 Å². The number of carboxylic acid groups (broad SMARTS) is 1. The molecule has 0 aromatic heterocycles. The highest BCUT2D eigenvalue weighted by molar-refractivity contribution is 8.13. The van der Waals surface area contributed by atoms with Gasteiger partial charge in [0.2, 0.25) is 5.91 Å². The van der Waals surface area contributed by atoms with E-state index in [1.165, 1.54) is 31.2 Å². The molecule has 102 valence electrons. The fourth-order valence-electron chi connectivity index (χ4n) is 1.28. The minimum absolute atomic E-state index is 0.0227. The van der Waals surface area contributed by atoms with E-state index in [2.05, 4.69) is 5.32 Å². The summed E-state index contributed by atoms with van der Waals surface area (Å²) in [5.74, 6) is -1.08. The Kier molecular flexibility index (Phi) is 5.57. The van der Waals surface area contributed by atoms with Crippen LogP contribution >= 0.6 is 11.8 Å². The molecule has 0 unspecified atom stereocenters. The number of amides is 1. The van der Waals surface area contributed by atoms with Gasteiger partial charge < -0.3 is 10.4 Å². The Bertz CT molecular complexity index is 484. The Balaban J connectivity index is 2.56. The quantitative estimate of drug-likeness (QED) is 0.864. The summed E-state index contributed by atoms with van der Waals surface area (Å²) in [7, 11) is 0. The van der Waals surface area contributed by atoms with Crippen molar-refractivity contribution in [1.29, 1.82) is 0 Å². The van der Waals surface area contributed by atoms with E-state index in [0.717, 1.165) is 11.8 Å². The Morgan fingerprint density at radius 2 is 1.84 bits per heavy atom. The maximum Gasteiger partial charge on any atom is 0.335 e. The van der Waals surface area contributed by atoms with Crippen LogP contribution in [0.1, 0.15) is 24.2 Å². The summed E-state index contributed by atoms with van der Waals surface area (Å²) in [6.45, 7) is 3.19. The second kappa shape index (κ2) is 6.94. The summed E-state index contributed by atoms with van der Waals surface area (Å²) in [6.07, 6.45) is 0. The van der Waals surface area contributed by atoms with Crippen molar-refractivity contribution < 1.29 is 19.5 Å². The van der Waals surface area contributed by atoms with Gasteiger partial charge in [0.05, 0.1) is 5.56 Å². The van der Waals surface area contributed by atoms with Gasteiger partial charge in [-0.15, -0.1) is 0 Å². The third-order valence-corrected chi connectivity index (χ3v) is 3.46. The number of hydrogen-bond acceptors (Lipinski definition) is 4. The van der Waals surface area contributed by atoms with Gasteiger partial charge in [0.25, 0.3) is 0 Å². The van der Waals surface area contributed by atoms with Crippen LogP contribution in [-0.4, -0.2) is 27.9 Å². The van der Waals surface area contributed by atoms with Crippen molar-refractivity contribution >= 4 is 34.4 Å². The van der Waals surface area contributed by atoms with Gasteiger partial charge in [0, 0.05) is 24.3 Å². The number of benzene rings is 1. The van der Waals surface area contributed by atoms with Gasteiger partial charge in [-0.05, 0) is 24.3 Å². The minimum atomic E-state index is -1.01. The van der Waals surface area contributed by atoms with E-state index in [1.54, 1.807) is 6.92 Å². The second-order valence-corrected chi connectivity index (χ2v) is 5.27. The lowest BCUT2D eigenvalue weighted by atomic mass is 10.1. The van der Waals surface area contributed by atoms with Gasteiger partial charge in [-0.25, -0.2) is 4.79 Å². The topological polar surface area (TPSA) is 83.5 Å². The molecule has 2 N–H and O–H groups in total. The summed E-state index contributed by atoms with van der Waals surface area (Å²) in [6, 6.07) is 5.91. The monoisotopic (exact) mass is 281 g/mol. The molecule has 0 aliphatic carbocycles. The standard InChI is InChI=1S/C13H15NO4S/c1-8(7-19-9(2)15)12(16)14-11-5-3-10(4-6-11)13(17)18/h3-6,8H,7H2,1-2H3,(H,14,16)(H,17,18)/t8-/m1/s1. The molecule has 0 spiro atoms. The number of rotatable bonds is 5. The highest BCUT2D eigenvalue weighted by Crippen LogP contribution is 2.14. The predicted molar refractivity (Wildman–Crippen MR) is 74.3 cm³/mol. The van der Waals surface area contributed by atoms with E-state index in [4.69, 9.17) is 5.11 Å². The minimum Gasteiger partial charge on any atom is -0.478 e. The number of hydrogen-bond donors (Lipinski definition) is 2. The van der Waals surface area contributed by atoms with Crippen LogP contribution in [0.15, 0.2) is 24.3 Å². The summed E-state index contributed by atoms with van der Waals surface area (Å²) in [4.78, 5) is 33.3. The average molecular weight is 281 g/mol. The van der Waals surface area contributed by atoms with Crippen molar-refractivity contribution in [3.05, 3.63) is 29.8 Å². The Morgan fingerprint density at radius 3 is 2.32 bits per heavy atom. The number of carbonyl (C=O) groups is 3. The van der Waals surface area contributed by atoms with Crippen molar-refractivity contribution in [2.24, 2.45) is 5.92 Å². The van der Waals surface area contributed by atoms with E-state index in [0.29, 0.717) is 11.4 Å². The van der Waals surface area contributed by atoms with E-state index >= 15 is 0 Å². The van der Waals surface area contributed by atoms with Crippen LogP contribution in [-0.2, 0) is 9.59 Å². The van der Waals surface area contributed by atoms with Crippen LogP contribution in [0.4, 0.5) is 5.69 Å². The zero-order valence-corrected chi connectivity index (χ0v) is 11.5. The number of aromatic carboxylic acids is 1. The van der Waals surface area contributed by atoms with Gasteiger partial charge in [0.15, 0.2) is 5.12 Å². The highest BCUT2D eigenvalue weighted by Gasteiger charge is 2.14. The summed E-state index contributed by atoms with van der Waals surface area (Å²) >= 11 is 1.11. The first-order chi connectivity index (χ1) is 8.90. The van der Waals surface area contributed by atoms with Gasteiger partial charge >= 0.3 is 5.97 Å². The Morgan fingerprint density at radius 1 is 1.26 bits per heavy atom. The average Bonchev–Trinajstić information content (AvgIpc) is 2.36. The lowest BCUT2D eigenvalue weighted by molar-refractivity contribution is -0.118. The van der Waals surface area contributed by atoms with E-state index in [1.807, 2.05) is 0 Å². The van der Waals surface area contributed by atoms with Crippen molar-refractivity contribution in [2.45, 2.75) is 13.8 Å². The molecular formula is C13H15NO4S. The summed E-state index contributed by atoms with van der Waals surface area (Å²) in [5.41, 5.74) is 0.702. The molecule has 6 heteroatoms. The molecule has 0 aliphatic heterocycles. The molecule has 0 radical (unpaired) electrons. The zero-order valence-electron chi connectivity index (χ0n) is 10.7. The van der Waals surface area contributed by atoms with Crippen LogP contribution in [0.25, 0.3) is 0 Å². The normalized spacial score (nSPS) is 11.7. The molecule has 1 aromatic carbocycles. The predicted octanol–water partition coefficient (Wildman–Crippen LogP) is 2.24. The largest absolute Gasteiger partial charge is 0.478 e. The first-order valence-corrected chi connectivity index (χ1v) is 6.66. The molecular weight excluding hydrogens is 266 g/mol. The van der Waals surface area contributed by atoms with Crippen LogP contribution in [0.5, 0.6) is 0 Å². The molecule has 1 rings (SSSR count). The number of thioether (sulfide) groups is 1. The van der Waals surface area contributed by atoms with E-state index in [-0.39, 0.29) is 22.5 Å². The number of anilines is 1. The van der Waals surface area contributed by atoms with Crippen molar-refractivity contribution in [1.82, 2.24) is 0 Å². The first kappa shape index (κ1) is 15.2. The fourth-order valence-corrected chi connectivity index (χ4v) is 1.92. The molecule has 19 heavy (non-hydrogen) atoms. The lowest BCUT2D eigenvalue weighted by Gasteiger charge is -2.11. The highest BCUT2D eigenvalue weighted by atomic mass is 32.2. The van der Waals surface area contributed by atoms with Gasteiger partial charge in [-0.3, -0.25) is 9.59 Å². The fraction of sp³-hybridized carbons (Fsp3) is 0.308. The van der Waals surface area contributed by atoms with Crippen LogP contribution < -0.4 is 5.32 Å². The number of nitrogens with one attached hydrogen (secondary N) is 1. The maximum absolute atomic E-state index is 11.8. The third-order valence-electron chi connectivity index (χ3n) is 2.38. The summed E-state index contributed by atoms with van der Waals surface area (Å²) < 4.78 is 0. The molecule has 1 atom stereocenters. The van der Waals surface area contributed by atoms with Gasteiger partial charge in [-0.1, -0.05) is 18.7 Å². The van der Waals surface area contributed by atoms with Crippen LogP contribution in [0.2, 0.25) is 0 Å². The molecule has 0 saturated carbocycles. The molecule has 1 amide bonds. The second-order valence-electron chi connectivity index (χ2n) is 4.08. The zero-order chi connectivity index (χ0) is 14.4. The third kappa shape index (κ3) is 5.13. The lowest BCUT2D eigenvalue weighted by Crippen LogP contribution is -2.22. The van der Waals surface area contributed by atoms with Crippen molar-refractivity contribution in [2.75, 3.05) is 11.1 Å². The number of carbonyl (C=O) groups excluding carboxylic acids is 2. The molecule has 0 bridgehead atoms. The van der Waals surface area contributed by atoms with Crippen molar-refractivity contribution in [3.63, 3.8) is 0 Å².